The highest BCUT2D eigenvalue weighted by Gasteiger charge is 2.09. The van der Waals surface area contributed by atoms with Gasteiger partial charge in [-0.3, -0.25) is 9.97 Å². The van der Waals surface area contributed by atoms with Gasteiger partial charge in [-0.2, -0.15) is 0 Å². The van der Waals surface area contributed by atoms with Gasteiger partial charge >= 0.3 is 0 Å². The third kappa shape index (κ3) is 1.74. The molecule has 0 spiro atoms. The fourth-order valence-corrected chi connectivity index (χ4v) is 1.67. The van der Waals surface area contributed by atoms with Crippen LogP contribution in [-0.4, -0.2) is 17.0 Å². The van der Waals surface area contributed by atoms with Crippen molar-refractivity contribution in [3.05, 3.63) is 48.8 Å². The van der Waals surface area contributed by atoms with Crippen LogP contribution in [0.25, 0.3) is 11.0 Å². The number of benzene rings is 1. The molecular formula is C12H13N3. The number of fused-ring (bicyclic) bond motifs is 1. The first-order chi connectivity index (χ1) is 7.36. The fraction of sp³-hybridized carbons (Fsp3) is 0.167. The predicted molar refractivity (Wildman–Crippen MR) is 61.5 cm³/mol. The Bertz CT molecular complexity index is 474. The van der Waals surface area contributed by atoms with E-state index in [1.807, 2.05) is 31.3 Å². The molecule has 0 bridgehead atoms. The molecule has 1 aromatic carbocycles. The van der Waals surface area contributed by atoms with Crippen LogP contribution in [0.1, 0.15) is 11.6 Å². The lowest BCUT2D eigenvalue weighted by atomic mass is 10.1. The molecule has 1 atom stereocenters. The zero-order valence-corrected chi connectivity index (χ0v) is 8.64. The molecule has 0 saturated carbocycles. The second-order valence-corrected chi connectivity index (χ2v) is 3.27. The largest absolute Gasteiger partial charge is 0.310 e. The predicted octanol–water partition coefficient (Wildman–Crippen LogP) is 2.08. The van der Waals surface area contributed by atoms with E-state index in [1.54, 1.807) is 12.4 Å². The molecule has 1 heterocycles. The first-order valence-corrected chi connectivity index (χ1v) is 4.86. The van der Waals surface area contributed by atoms with E-state index in [0.29, 0.717) is 0 Å². The Morgan fingerprint density at radius 2 is 2.13 bits per heavy atom. The van der Waals surface area contributed by atoms with E-state index >= 15 is 0 Å². The van der Waals surface area contributed by atoms with Crippen LogP contribution >= 0.6 is 0 Å². The molecule has 1 aromatic heterocycles. The highest BCUT2D eigenvalue weighted by molar-refractivity contribution is 5.78. The first-order valence-electron chi connectivity index (χ1n) is 4.86. The van der Waals surface area contributed by atoms with Gasteiger partial charge in [0.2, 0.25) is 0 Å². The van der Waals surface area contributed by atoms with Gasteiger partial charge < -0.3 is 5.32 Å². The summed E-state index contributed by atoms with van der Waals surface area (Å²) in [7, 11) is 1.90. The van der Waals surface area contributed by atoms with Crippen LogP contribution in [0.3, 0.4) is 0 Å². The Hall–Kier alpha value is -1.74. The summed E-state index contributed by atoms with van der Waals surface area (Å²) >= 11 is 0. The smallest absolute Gasteiger partial charge is 0.0937 e. The van der Waals surface area contributed by atoms with Crippen molar-refractivity contribution in [1.82, 2.24) is 15.3 Å². The van der Waals surface area contributed by atoms with Crippen LogP contribution in [0.5, 0.6) is 0 Å². The van der Waals surface area contributed by atoms with Gasteiger partial charge in [-0.1, -0.05) is 18.2 Å². The third-order valence-electron chi connectivity index (χ3n) is 2.41. The second kappa shape index (κ2) is 4.19. The summed E-state index contributed by atoms with van der Waals surface area (Å²) in [5.41, 5.74) is 2.95. The van der Waals surface area contributed by atoms with Gasteiger partial charge in [0.05, 0.1) is 17.1 Å². The molecule has 0 fully saturated rings. The number of aromatic nitrogens is 2. The van der Waals surface area contributed by atoms with Crippen LogP contribution in [0.15, 0.2) is 43.2 Å². The van der Waals surface area contributed by atoms with E-state index in [0.717, 1.165) is 16.6 Å². The van der Waals surface area contributed by atoms with Gasteiger partial charge in [0, 0.05) is 18.0 Å². The maximum absolute atomic E-state index is 4.35. The average molecular weight is 199 g/mol. The Labute approximate surface area is 88.9 Å². The van der Waals surface area contributed by atoms with Crippen molar-refractivity contribution in [2.75, 3.05) is 7.05 Å². The molecule has 0 amide bonds. The van der Waals surface area contributed by atoms with Crippen molar-refractivity contribution in [2.45, 2.75) is 6.04 Å². The molecule has 0 saturated heterocycles. The quantitative estimate of drug-likeness (QED) is 0.769. The van der Waals surface area contributed by atoms with Crippen LogP contribution in [0.2, 0.25) is 0 Å². The lowest BCUT2D eigenvalue weighted by molar-refractivity contribution is 0.720. The van der Waals surface area contributed by atoms with Crippen molar-refractivity contribution in [2.24, 2.45) is 0 Å². The van der Waals surface area contributed by atoms with Gasteiger partial charge in [0.25, 0.3) is 0 Å². The maximum atomic E-state index is 4.35. The van der Waals surface area contributed by atoms with Crippen LogP contribution in [-0.2, 0) is 0 Å². The Balaban J connectivity index is 2.64. The number of nitrogens with zero attached hydrogens (tertiary/aromatic N) is 2. The standard InChI is InChI=1S/C12H13N3/c1-3-10(13-2)9-5-4-6-11-12(9)15-8-7-14-11/h3-8,10,13H,1H2,2H3. The van der Waals surface area contributed by atoms with Gasteiger partial charge in [-0.15, -0.1) is 6.58 Å². The van der Waals surface area contributed by atoms with Crippen molar-refractivity contribution < 1.29 is 0 Å². The zero-order valence-electron chi connectivity index (χ0n) is 8.64. The minimum absolute atomic E-state index is 0.116. The van der Waals surface area contributed by atoms with Gasteiger partial charge in [0.1, 0.15) is 0 Å². The van der Waals surface area contributed by atoms with Crippen LogP contribution < -0.4 is 5.32 Å². The lowest BCUT2D eigenvalue weighted by Crippen LogP contribution is -2.14. The monoisotopic (exact) mass is 199 g/mol. The first kappa shape index (κ1) is 9.80. The van der Waals surface area contributed by atoms with Crippen LogP contribution in [0, 0.1) is 0 Å². The molecule has 2 rings (SSSR count). The Morgan fingerprint density at radius 3 is 2.87 bits per heavy atom. The minimum atomic E-state index is 0.116. The Morgan fingerprint density at radius 1 is 1.33 bits per heavy atom. The summed E-state index contributed by atoms with van der Waals surface area (Å²) in [5, 5.41) is 3.17. The maximum Gasteiger partial charge on any atom is 0.0937 e. The topological polar surface area (TPSA) is 37.8 Å². The van der Waals surface area contributed by atoms with Gasteiger partial charge in [-0.05, 0) is 13.1 Å². The summed E-state index contributed by atoms with van der Waals surface area (Å²) in [6.07, 6.45) is 5.28. The van der Waals surface area contributed by atoms with E-state index in [-0.39, 0.29) is 6.04 Å². The number of rotatable bonds is 3. The summed E-state index contributed by atoms with van der Waals surface area (Å²) in [4.78, 5) is 8.62. The molecule has 1 N–H and O–H groups in total. The van der Waals surface area contributed by atoms with E-state index in [9.17, 15) is 0 Å². The summed E-state index contributed by atoms with van der Waals surface area (Å²) < 4.78 is 0. The molecule has 2 aromatic rings. The van der Waals surface area contributed by atoms with Crippen molar-refractivity contribution in [1.29, 1.82) is 0 Å². The van der Waals surface area contributed by atoms with Crippen molar-refractivity contribution >= 4 is 11.0 Å². The van der Waals surface area contributed by atoms with Crippen molar-refractivity contribution in [3.8, 4) is 0 Å². The molecule has 1 unspecified atom stereocenters. The van der Waals surface area contributed by atoms with Crippen molar-refractivity contribution in [3.63, 3.8) is 0 Å². The number of hydrogen-bond acceptors (Lipinski definition) is 3. The number of likely N-dealkylation sites (N-methyl/N-ethyl adjacent to an activating group) is 1. The fourth-order valence-electron chi connectivity index (χ4n) is 1.67. The molecule has 0 aliphatic rings. The number of para-hydroxylation sites is 1. The highest BCUT2D eigenvalue weighted by Crippen LogP contribution is 2.21. The molecule has 3 heteroatoms. The minimum Gasteiger partial charge on any atom is -0.310 e. The molecule has 15 heavy (non-hydrogen) atoms. The molecule has 76 valence electrons. The Kier molecular flexibility index (Phi) is 2.74. The SMILES string of the molecule is C=CC(NC)c1cccc2nccnc12. The normalized spacial score (nSPS) is 12.6. The molecule has 0 radical (unpaired) electrons. The second-order valence-electron chi connectivity index (χ2n) is 3.27. The summed E-state index contributed by atoms with van der Waals surface area (Å²) in [6, 6.07) is 6.10. The van der Waals surface area contributed by atoms with E-state index in [1.165, 1.54) is 0 Å². The molecule has 0 aliphatic heterocycles. The number of hydrogen-bond donors (Lipinski definition) is 1. The third-order valence-corrected chi connectivity index (χ3v) is 2.41. The molecule has 0 aliphatic carbocycles. The molecular weight excluding hydrogens is 186 g/mol. The molecule has 3 nitrogen and oxygen atoms in total. The van der Waals surface area contributed by atoms with Crippen LogP contribution in [0.4, 0.5) is 0 Å². The van der Waals surface area contributed by atoms with Gasteiger partial charge in [-0.25, -0.2) is 0 Å². The van der Waals surface area contributed by atoms with E-state index < -0.39 is 0 Å². The van der Waals surface area contributed by atoms with E-state index in [2.05, 4.69) is 21.9 Å². The summed E-state index contributed by atoms with van der Waals surface area (Å²) in [6.45, 7) is 3.80. The number of nitrogens with one attached hydrogen (secondary N) is 1. The van der Waals surface area contributed by atoms with E-state index in [4.69, 9.17) is 0 Å². The summed E-state index contributed by atoms with van der Waals surface area (Å²) in [5.74, 6) is 0. The lowest BCUT2D eigenvalue weighted by Gasteiger charge is -2.13. The zero-order chi connectivity index (χ0) is 10.7. The average Bonchev–Trinajstić information content (AvgIpc) is 2.31. The van der Waals surface area contributed by atoms with Gasteiger partial charge in [0.15, 0.2) is 0 Å². The highest BCUT2D eigenvalue weighted by atomic mass is 14.9.